The van der Waals surface area contributed by atoms with E-state index in [2.05, 4.69) is 4.74 Å². The maximum Gasteiger partial charge on any atom is 0.358 e. The van der Waals surface area contributed by atoms with Crippen LogP contribution in [0, 0.1) is 0 Å². The van der Waals surface area contributed by atoms with Gasteiger partial charge in [-0.1, -0.05) is 89.4 Å². The number of ether oxygens (including phenoxy) is 1. The zero-order valence-electron chi connectivity index (χ0n) is 11.3. The monoisotopic (exact) mass is 356 g/mol. The lowest BCUT2D eigenvalue weighted by Crippen LogP contribution is -2.24. The fraction of sp³-hybridized carbons (Fsp3) is 0.125. The molecule has 0 fully saturated rings. The molecule has 0 N–H and O–H groups in total. The minimum absolute atomic E-state index is 0.373. The predicted molar refractivity (Wildman–Crippen MR) is 87.5 cm³/mol. The van der Waals surface area contributed by atoms with E-state index in [0.29, 0.717) is 5.56 Å². The van der Waals surface area contributed by atoms with Crippen molar-refractivity contribution in [2.75, 3.05) is 6.61 Å². The maximum atomic E-state index is 11.9. The first kappa shape index (κ1) is 16.8. The van der Waals surface area contributed by atoms with E-state index in [9.17, 15) is 9.59 Å². The molecule has 0 saturated carbocycles. The second-order valence-corrected chi connectivity index (χ2v) is 6.72. The van der Waals surface area contributed by atoms with Crippen LogP contribution in [-0.2, 0) is 9.53 Å². The molecule has 2 aromatic carbocycles. The summed E-state index contributed by atoms with van der Waals surface area (Å²) in [5.74, 6) is -1.45. The molecule has 0 aliphatic carbocycles. The summed E-state index contributed by atoms with van der Waals surface area (Å²) in [5.41, 5.74) is 2.44. The average molecular weight is 358 g/mol. The molecule has 114 valence electrons. The minimum atomic E-state index is -2.18. The van der Waals surface area contributed by atoms with Crippen LogP contribution in [0.5, 0.6) is 0 Å². The number of alkyl halides is 3. The lowest BCUT2D eigenvalue weighted by atomic mass is 10.0. The van der Waals surface area contributed by atoms with E-state index >= 15 is 0 Å². The van der Waals surface area contributed by atoms with Crippen molar-refractivity contribution in [3.05, 3.63) is 60.2 Å². The molecule has 3 nitrogen and oxygen atoms in total. The summed E-state index contributed by atoms with van der Waals surface area (Å²) in [6, 6.07) is 16.7. The van der Waals surface area contributed by atoms with Crippen LogP contribution in [-0.4, -0.2) is 22.2 Å². The number of benzene rings is 2. The molecular formula is C16H11Cl3O3. The molecule has 0 aliphatic heterocycles. The normalized spacial score (nSPS) is 11.0. The van der Waals surface area contributed by atoms with E-state index in [-0.39, 0.29) is 5.78 Å². The van der Waals surface area contributed by atoms with E-state index in [0.717, 1.165) is 11.1 Å². The van der Waals surface area contributed by atoms with Gasteiger partial charge in [0.1, 0.15) is 0 Å². The van der Waals surface area contributed by atoms with Gasteiger partial charge in [0.05, 0.1) is 0 Å². The largest absolute Gasteiger partial charge is 0.454 e. The molecule has 2 rings (SSSR count). The zero-order valence-corrected chi connectivity index (χ0v) is 13.5. The number of rotatable bonds is 4. The van der Waals surface area contributed by atoms with Gasteiger partial charge in [-0.25, -0.2) is 4.79 Å². The van der Waals surface area contributed by atoms with Gasteiger partial charge in [0.25, 0.3) is 3.79 Å². The molecule has 2 aromatic rings. The number of carbonyl (C=O) groups excluding carboxylic acids is 2. The van der Waals surface area contributed by atoms with Crippen LogP contribution in [0.1, 0.15) is 10.4 Å². The molecule has 0 spiro atoms. The van der Waals surface area contributed by atoms with Gasteiger partial charge in [0.15, 0.2) is 12.4 Å². The fourth-order valence-corrected chi connectivity index (χ4v) is 1.94. The Labute approximate surface area is 142 Å². The smallest absolute Gasteiger partial charge is 0.358 e. The molecule has 0 atom stereocenters. The Hall–Kier alpha value is -1.55. The van der Waals surface area contributed by atoms with Gasteiger partial charge in [0, 0.05) is 5.56 Å². The van der Waals surface area contributed by atoms with E-state index in [1.54, 1.807) is 12.1 Å². The highest BCUT2D eigenvalue weighted by atomic mass is 35.6. The topological polar surface area (TPSA) is 43.4 Å². The molecule has 0 unspecified atom stereocenters. The highest BCUT2D eigenvalue weighted by Gasteiger charge is 2.33. The van der Waals surface area contributed by atoms with Crippen LogP contribution in [0.4, 0.5) is 0 Å². The number of halogens is 3. The maximum absolute atomic E-state index is 11.9. The van der Waals surface area contributed by atoms with Gasteiger partial charge in [-0.15, -0.1) is 0 Å². The second kappa shape index (κ2) is 7.14. The Morgan fingerprint density at radius 1 is 0.864 bits per heavy atom. The van der Waals surface area contributed by atoms with Gasteiger partial charge < -0.3 is 4.74 Å². The van der Waals surface area contributed by atoms with Gasteiger partial charge in [-0.3, -0.25) is 4.79 Å². The fourth-order valence-electron chi connectivity index (χ4n) is 1.78. The zero-order chi connectivity index (χ0) is 16.2. The number of carbonyl (C=O) groups is 2. The summed E-state index contributed by atoms with van der Waals surface area (Å²) in [4.78, 5) is 23.2. The Bertz CT molecular complexity index is 661. The number of hydrogen-bond acceptors (Lipinski definition) is 3. The summed E-state index contributed by atoms with van der Waals surface area (Å²) < 4.78 is 2.47. The Morgan fingerprint density at radius 2 is 1.41 bits per heavy atom. The molecule has 0 aromatic heterocycles. The van der Waals surface area contributed by atoms with Crippen molar-refractivity contribution in [3.63, 3.8) is 0 Å². The molecule has 0 bridgehead atoms. The summed E-state index contributed by atoms with van der Waals surface area (Å²) in [6.45, 7) is -0.475. The number of hydrogen-bond donors (Lipinski definition) is 0. The molecule has 0 saturated heterocycles. The van der Waals surface area contributed by atoms with Crippen LogP contribution in [0.25, 0.3) is 11.1 Å². The highest BCUT2D eigenvalue weighted by molar-refractivity contribution is 6.75. The summed E-state index contributed by atoms with van der Waals surface area (Å²) in [7, 11) is 0. The quantitative estimate of drug-likeness (QED) is 0.461. The third-order valence-corrected chi connectivity index (χ3v) is 3.34. The van der Waals surface area contributed by atoms with Crippen LogP contribution >= 0.6 is 34.8 Å². The van der Waals surface area contributed by atoms with Crippen molar-refractivity contribution < 1.29 is 14.3 Å². The number of Topliss-reactive ketones (excluding diaryl/α,β-unsaturated/α-hetero) is 1. The second-order valence-electron chi connectivity index (χ2n) is 4.44. The molecule has 0 heterocycles. The lowest BCUT2D eigenvalue weighted by Gasteiger charge is -2.10. The van der Waals surface area contributed by atoms with Gasteiger partial charge in [-0.2, -0.15) is 0 Å². The molecular weight excluding hydrogens is 347 g/mol. The van der Waals surface area contributed by atoms with Gasteiger partial charge in [-0.05, 0) is 11.1 Å². The Kier molecular flexibility index (Phi) is 5.46. The SMILES string of the molecule is O=C(COC(=O)C(Cl)(Cl)Cl)c1ccc(-c2ccccc2)cc1. The summed E-state index contributed by atoms with van der Waals surface area (Å²) in [5, 5.41) is 0. The third-order valence-electron chi connectivity index (χ3n) is 2.88. The van der Waals surface area contributed by atoms with Crippen LogP contribution in [0.3, 0.4) is 0 Å². The van der Waals surface area contributed by atoms with E-state index in [1.807, 2.05) is 42.5 Å². The first-order valence-corrected chi connectivity index (χ1v) is 7.44. The molecule has 22 heavy (non-hydrogen) atoms. The van der Waals surface area contributed by atoms with Crippen molar-refractivity contribution in [2.24, 2.45) is 0 Å². The standard InChI is InChI=1S/C16H11Cl3O3/c17-16(18,19)15(21)22-10-14(20)13-8-6-12(7-9-13)11-4-2-1-3-5-11/h1-9H,10H2. The Morgan fingerprint density at radius 3 is 1.95 bits per heavy atom. The molecule has 0 radical (unpaired) electrons. The van der Waals surface area contributed by atoms with Crippen molar-refractivity contribution >= 4 is 46.6 Å². The van der Waals surface area contributed by atoms with Gasteiger partial charge >= 0.3 is 5.97 Å². The van der Waals surface area contributed by atoms with Gasteiger partial charge in [0.2, 0.25) is 0 Å². The number of ketones is 1. The third kappa shape index (κ3) is 4.47. The summed E-state index contributed by atoms with van der Waals surface area (Å²) in [6.07, 6.45) is 0. The first-order valence-electron chi connectivity index (χ1n) is 6.30. The molecule has 0 amide bonds. The van der Waals surface area contributed by atoms with Crippen LogP contribution in [0.15, 0.2) is 54.6 Å². The van der Waals surface area contributed by atoms with Crippen LogP contribution < -0.4 is 0 Å². The lowest BCUT2D eigenvalue weighted by molar-refractivity contribution is -0.141. The highest BCUT2D eigenvalue weighted by Crippen LogP contribution is 2.27. The predicted octanol–water partition coefficient (Wildman–Crippen LogP) is 4.45. The first-order chi connectivity index (χ1) is 10.4. The van der Waals surface area contributed by atoms with E-state index in [1.165, 1.54) is 0 Å². The Balaban J connectivity index is 2.02. The van der Waals surface area contributed by atoms with Crippen molar-refractivity contribution in [1.82, 2.24) is 0 Å². The van der Waals surface area contributed by atoms with Crippen molar-refractivity contribution in [3.8, 4) is 11.1 Å². The number of esters is 1. The molecule has 0 aliphatic rings. The van der Waals surface area contributed by atoms with Crippen LogP contribution in [0.2, 0.25) is 0 Å². The van der Waals surface area contributed by atoms with E-state index < -0.39 is 16.4 Å². The average Bonchev–Trinajstić information content (AvgIpc) is 2.52. The van der Waals surface area contributed by atoms with Crippen molar-refractivity contribution in [2.45, 2.75) is 3.79 Å². The minimum Gasteiger partial charge on any atom is -0.454 e. The van der Waals surface area contributed by atoms with E-state index in [4.69, 9.17) is 34.8 Å². The molecule has 6 heteroatoms. The van der Waals surface area contributed by atoms with Crippen molar-refractivity contribution in [1.29, 1.82) is 0 Å². The summed E-state index contributed by atoms with van der Waals surface area (Å²) >= 11 is 16.0.